The van der Waals surface area contributed by atoms with E-state index in [4.69, 9.17) is 13.9 Å². The van der Waals surface area contributed by atoms with E-state index in [0.29, 0.717) is 58.9 Å². The minimum Gasteiger partial charge on any atom is -0.427 e. The zero-order valence-electron chi connectivity index (χ0n) is 33.5. The number of hydrogen-bond donors (Lipinski definition) is 0. The fourth-order valence-corrected chi connectivity index (χ4v) is 5.55. The fraction of sp³-hybridized carbons (Fsp3) is 0.125. The van der Waals surface area contributed by atoms with Crippen molar-refractivity contribution in [2.45, 2.75) is 39.5 Å². The summed E-state index contributed by atoms with van der Waals surface area (Å²) in [5.74, 6) is 1.26. The van der Waals surface area contributed by atoms with Gasteiger partial charge < -0.3 is 13.9 Å². The lowest BCUT2D eigenvalue weighted by atomic mass is 10.2. The first-order valence-electron chi connectivity index (χ1n) is 19.7. The predicted octanol–water partition coefficient (Wildman–Crippen LogP) is 13.1. The number of rotatable bonds is 16. The highest BCUT2D eigenvalue weighted by molar-refractivity contribution is 5.83. The standard InChI is InChI=1S/C48H40N8O5/c1-3-5-45(57)59-43-27-23-41(24-28-43)53-51-39-15-7-33(8-16-39)31-49-37-19-11-35(12-20-37)47-55-56-48(61-47)36-13-21-38(22-14-36)50-32-34-9-17-40(18-10-34)52-54-42-25-29-44(30-26-42)60-46(58)6-4-2/h7-32H,3-6H2,1-2H3. The number of benzene rings is 6. The van der Waals surface area contributed by atoms with E-state index in [1.165, 1.54) is 0 Å². The second-order valence-corrected chi connectivity index (χ2v) is 13.5. The molecular weight excluding hydrogens is 769 g/mol. The maximum absolute atomic E-state index is 11.7. The number of nitrogens with zero attached hydrogens (tertiary/aromatic N) is 8. The summed E-state index contributed by atoms with van der Waals surface area (Å²) in [5, 5.41) is 25.6. The molecule has 0 radical (unpaired) electrons. The van der Waals surface area contributed by atoms with Crippen molar-refractivity contribution in [3.8, 4) is 34.4 Å². The van der Waals surface area contributed by atoms with Crippen LogP contribution in [0.1, 0.15) is 50.7 Å². The Kier molecular flexibility index (Phi) is 13.9. The van der Waals surface area contributed by atoms with Crippen LogP contribution in [-0.2, 0) is 9.59 Å². The molecule has 302 valence electrons. The first-order valence-corrected chi connectivity index (χ1v) is 19.7. The maximum atomic E-state index is 11.7. The highest BCUT2D eigenvalue weighted by atomic mass is 16.5. The summed E-state index contributed by atoms with van der Waals surface area (Å²) in [6.45, 7) is 3.86. The largest absolute Gasteiger partial charge is 0.427 e. The Hall–Kier alpha value is -8.06. The predicted molar refractivity (Wildman–Crippen MR) is 235 cm³/mol. The summed E-state index contributed by atoms with van der Waals surface area (Å²) in [7, 11) is 0. The van der Waals surface area contributed by atoms with Gasteiger partial charge >= 0.3 is 11.9 Å². The molecule has 0 aliphatic heterocycles. The SMILES string of the molecule is CCCC(=O)Oc1ccc(N=Nc2ccc(C=Nc3ccc(-c4nnc(-c5ccc(N=Cc6ccc(N=Nc7ccc(OC(=O)CCC)cc7)cc6)cc5)o4)cc3)cc2)cc1. The van der Waals surface area contributed by atoms with Crippen molar-refractivity contribution in [2.75, 3.05) is 0 Å². The number of aromatic nitrogens is 2. The minimum atomic E-state index is -0.253. The van der Waals surface area contributed by atoms with Gasteiger partial charge in [0.1, 0.15) is 11.5 Å². The molecule has 0 fully saturated rings. The van der Waals surface area contributed by atoms with Crippen LogP contribution in [0.5, 0.6) is 11.5 Å². The summed E-state index contributed by atoms with van der Waals surface area (Å²) < 4.78 is 16.6. The van der Waals surface area contributed by atoms with Crippen LogP contribution in [0, 0.1) is 0 Å². The molecule has 1 aromatic heterocycles. The summed E-state index contributed by atoms with van der Waals surface area (Å²) in [6.07, 6.45) is 5.79. The number of azo groups is 2. The van der Waals surface area contributed by atoms with E-state index in [-0.39, 0.29) is 11.9 Å². The second kappa shape index (κ2) is 20.6. The van der Waals surface area contributed by atoms with E-state index in [9.17, 15) is 9.59 Å². The van der Waals surface area contributed by atoms with Gasteiger partial charge in [-0.2, -0.15) is 20.5 Å². The summed E-state index contributed by atoms with van der Waals surface area (Å²) in [6, 6.07) is 44.0. The van der Waals surface area contributed by atoms with Crippen LogP contribution >= 0.6 is 0 Å². The molecule has 7 rings (SSSR count). The fourth-order valence-electron chi connectivity index (χ4n) is 5.55. The van der Waals surface area contributed by atoms with Crippen LogP contribution in [0.25, 0.3) is 22.9 Å². The van der Waals surface area contributed by atoms with Gasteiger partial charge in [0.05, 0.1) is 34.1 Å². The molecule has 0 saturated heterocycles. The quantitative estimate of drug-likeness (QED) is 0.0405. The first kappa shape index (κ1) is 41.1. The Morgan fingerprint density at radius 2 is 0.770 bits per heavy atom. The van der Waals surface area contributed by atoms with Gasteiger partial charge in [-0.25, -0.2) is 0 Å². The van der Waals surface area contributed by atoms with Gasteiger partial charge in [0.25, 0.3) is 0 Å². The van der Waals surface area contributed by atoms with Gasteiger partial charge in [-0.3, -0.25) is 19.6 Å². The Morgan fingerprint density at radius 3 is 1.10 bits per heavy atom. The minimum absolute atomic E-state index is 0.253. The number of esters is 2. The maximum Gasteiger partial charge on any atom is 0.311 e. The van der Waals surface area contributed by atoms with E-state index in [1.807, 2.05) is 111 Å². The summed E-state index contributed by atoms with van der Waals surface area (Å²) in [4.78, 5) is 32.5. The van der Waals surface area contributed by atoms with E-state index in [2.05, 4.69) is 40.6 Å². The van der Waals surface area contributed by atoms with Crippen LogP contribution in [0.4, 0.5) is 34.1 Å². The van der Waals surface area contributed by atoms with Gasteiger partial charge in [0, 0.05) is 36.4 Å². The lowest BCUT2D eigenvalue weighted by Gasteiger charge is -2.02. The van der Waals surface area contributed by atoms with Gasteiger partial charge in [0.15, 0.2) is 0 Å². The lowest BCUT2D eigenvalue weighted by Crippen LogP contribution is -2.06. The van der Waals surface area contributed by atoms with Crippen molar-refractivity contribution in [1.29, 1.82) is 0 Å². The molecule has 0 atom stereocenters. The van der Waals surface area contributed by atoms with Crippen molar-refractivity contribution >= 4 is 58.5 Å². The molecule has 13 nitrogen and oxygen atoms in total. The number of carbonyl (C=O) groups is 2. The van der Waals surface area contributed by atoms with E-state index < -0.39 is 0 Å². The number of aliphatic imine (C=N–C) groups is 2. The van der Waals surface area contributed by atoms with E-state index in [0.717, 1.165) is 46.5 Å². The van der Waals surface area contributed by atoms with Crippen LogP contribution in [0.2, 0.25) is 0 Å². The van der Waals surface area contributed by atoms with Crippen LogP contribution in [0.3, 0.4) is 0 Å². The Labute approximate surface area is 352 Å². The molecule has 0 aliphatic carbocycles. The molecule has 0 amide bonds. The van der Waals surface area contributed by atoms with Crippen molar-refractivity contribution in [2.24, 2.45) is 30.4 Å². The number of ether oxygens (including phenoxy) is 2. The molecule has 1 heterocycles. The first-order chi connectivity index (χ1) is 29.9. The molecule has 0 unspecified atom stereocenters. The average Bonchev–Trinajstić information content (AvgIpc) is 3.79. The molecule has 61 heavy (non-hydrogen) atoms. The zero-order chi connectivity index (χ0) is 42.2. The molecule has 0 aliphatic rings. The molecule has 0 spiro atoms. The van der Waals surface area contributed by atoms with Gasteiger partial charge in [-0.15, -0.1) is 10.2 Å². The zero-order valence-corrected chi connectivity index (χ0v) is 33.5. The van der Waals surface area contributed by atoms with Crippen LogP contribution in [0.15, 0.2) is 180 Å². The molecule has 0 saturated carbocycles. The monoisotopic (exact) mass is 808 g/mol. The van der Waals surface area contributed by atoms with Crippen molar-refractivity contribution in [3.63, 3.8) is 0 Å². The van der Waals surface area contributed by atoms with Crippen molar-refractivity contribution in [3.05, 3.63) is 157 Å². The van der Waals surface area contributed by atoms with E-state index >= 15 is 0 Å². The van der Waals surface area contributed by atoms with Gasteiger partial charge in [-0.05, 0) is 145 Å². The van der Waals surface area contributed by atoms with E-state index in [1.54, 1.807) is 61.0 Å². The number of hydrogen-bond acceptors (Lipinski definition) is 13. The molecule has 6 aromatic carbocycles. The Balaban J connectivity index is 0.877. The third kappa shape index (κ3) is 12.2. The lowest BCUT2D eigenvalue weighted by molar-refractivity contribution is -0.135. The third-order valence-corrected chi connectivity index (χ3v) is 8.77. The van der Waals surface area contributed by atoms with Gasteiger partial charge in [-0.1, -0.05) is 38.1 Å². The molecular formula is C48H40N8O5. The molecule has 13 heteroatoms. The van der Waals surface area contributed by atoms with Crippen LogP contribution in [-0.4, -0.2) is 34.6 Å². The highest BCUT2D eigenvalue weighted by Gasteiger charge is 2.11. The van der Waals surface area contributed by atoms with Crippen molar-refractivity contribution in [1.82, 2.24) is 10.2 Å². The van der Waals surface area contributed by atoms with Crippen molar-refractivity contribution < 1.29 is 23.5 Å². The highest BCUT2D eigenvalue weighted by Crippen LogP contribution is 2.28. The van der Waals surface area contributed by atoms with Gasteiger partial charge in [0.2, 0.25) is 11.8 Å². The summed E-state index contributed by atoms with van der Waals surface area (Å²) in [5.41, 5.74) is 7.56. The normalized spacial score (nSPS) is 11.6. The second-order valence-electron chi connectivity index (χ2n) is 13.5. The Bertz CT molecular complexity index is 2470. The molecule has 0 bridgehead atoms. The summed E-state index contributed by atoms with van der Waals surface area (Å²) >= 11 is 0. The molecule has 7 aromatic rings. The smallest absolute Gasteiger partial charge is 0.311 e. The number of carbonyl (C=O) groups excluding carboxylic acids is 2. The van der Waals surface area contributed by atoms with Crippen LogP contribution < -0.4 is 9.47 Å². The average molecular weight is 809 g/mol. The third-order valence-electron chi connectivity index (χ3n) is 8.77. The Morgan fingerprint density at radius 1 is 0.459 bits per heavy atom. The topological polar surface area (TPSA) is 166 Å². The molecule has 0 N–H and O–H groups in total.